The third kappa shape index (κ3) is 2.72. The van der Waals surface area contributed by atoms with Crippen LogP contribution in [-0.4, -0.2) is 24.2 Å². The number of hydrogen-bond donors (Lipinski definition) is 2. The quantitative estimate of drug-likeness (QED) is 0.641. The summed E-state index contributed by atoms with van der Waals surface area (Å²) in [5, 5.41) is 7.34. The third-order valence-electron chi connectivity index (χ3n) is 4.69. The van der Waals surface area contributed by atoms with Crippen LogP contribution in [-0.2, 0) is 0 Å². The van der Waals surface area contributed by atoms with Crippen molar-refractivity contribution < 1.29 is 0 Å². The van der Waals surface area contributed by atoms with Crippen LogP contribution in [0.15, 0.2) is 58.3 Å². The van der Waals surface area contributed by atoms with Crippen molar-refractivity contribution in [3.8, 4) is 0 Å². The molecule has 0 spiro atoms. The van der Waals surface area contributed by atoms with E-state index in [-0.39, 0.29) is 0 Å². The number of allylic oxidation sites excluding steroid dienone is 5. The summed E-state index contributed by atoms with van der Waals surface area (Å²) in [6.07, 6.45) is 10.3. The smallest absolute Gasteiger partial charge is 0.0406 e. The van der Waals surface area contributed by atoms with Crippen molar-refractivity contribution in [1.82, 2.24) is 9.62 Å². The molecule has 2 N–H and O–H groups in total. The molecule has 0 saturated carbocycles. The molecule has 2 aliphatic heterocycles. The fourth-order valence-electron chi connectivity index (χ4n) is 3.55. The molecule has 2 heterocycles. The van der Waals surface area contributed by atoms with E-state index in [9.17, 15) is 0 Å². The highest BCUT2D eigenvalue weighted by atomic mass is 32.2. The first kappa shape index (κ1) is 14.6. The Hall–Kier alpha value is -1.94. The molecule has 1 aliphatic carbocycles. The Morgan fingerprint density at radius 3 is 2.87 bits per heavy atom. The molecule has 118 valence electrons. The molecule has 1 fully saturated rings. The minimum Gasteiger partial charge on any atom is -0.371 e. The summed E-state index contributed by atoms with van der Waals surface area (Å²) in [7, 11) is 0. The number of benzene rings is 1. The molecule has 0 radical (unpaired) electrons. The molecule has 4 heteroatoms. The van der Waals surface area contributed by atoms with Gasteiger partial charge in [0.2, 0.25) is 0 Å². The number of rotatable bonds is 3. The van der Waals surface area contributed by atoms with Gasteiger partial charge < -0.3 is 15.0 Å². The highest BCUT2D eigenvalue weighted by molar-refractivity contribution is 7.97. The summed E-state index contributed by atoms with van der Waals surface area (Å²) in [5.74, 6) is 0. The number of nitrogens with one attached hydrogen (secondary N) is 2. The lowest BCUT2D eigenvalue weighted by Crippen LogP contribution is -2.25. The summed E-state index contributed by atoms with van der Waals surface area (Å²) < 4.78 is 3.53. The van der Waals surface area contributed by atoms with Crippen molar-refractivity contribution in [2.24, 2.45) is 0 Å². The van der Waals surface area contributed by atoms with Crippen LogP contribution in [0.3, 0.4) is 0 Å². The van der Waals surface area contributed by atoms with Crippen molar-refractivity contribution in [2.45, 2.75) is 30.6 Å². The van der Waals surface area contributed by atoms with Crippen LogP contribution < -0.4 is 4.72 Å². The second kappa shape index (κ2) is 6.28. The number of likely N-dealkylation sites (tertiary alicyclic amines) is 1. The van der Waals surface area contributed by atoms with E-state index < -0.39 is 0 Å². The first-order valence-corrected chi connectivity index (χ1v) is 9.09. The third-order valence-corrected chi connectivity index (χ3v) is 5.62. The molecule has 0 bridgehead atoms. The maximum absolute atomic E-state index is 7.34. The van der Waals surface area contributed by atoms with Gasteiger partial charge in [0, 0.05) is 47.8 Å². The number of hydrogen-bond acceptors (Lipinski definition) is 4. The van der Waals surface area contributed by atoms with E-state index in [1.807, 2.05) is 0 Å². The minimum atomic E-state index is 0.715. The fourth-order valence-corrected chi connectivity index (χ4v) is 4.40. The Morgan fingerprint density at radius 1 is 1.22 bits per heavy atom. The lowest BCUT2D eigenvalue weighted by molar-refractivity contribution is 0.431. The van der Waals surface area contributed by atoms with E-state index in [1.54, 1.807) is 11.9 Å². The van der Waals surface area contributed by atoms with Gasteiger partial charge in [-0.25, -0.2) is 0 Å². The zero-order valence-corrected chi connectivity index (χ0v) is 14.0. The Labute approximate surface area is 141 Å². The standard InChI is InChI=1S/C19H21N3S/c20-9-5-6-14-12-17-16(13-18(14)22-10-3-4-11-22)15-7-1-2-8-19(15)23-21-17/h1-2,6-9,13,20-21H,3-5,10-12H2/b14-6+,20-9?. The largest absolute Gasteiger partial charge is 0.371 e. The molecule has 0 atom stereocenters. The van der Waals surface area contributed by atoms with Gasteiger partial charge in [-0.3, -0.25) is 0 Å². The molecular weight excluding hydrogens is 302 g/mol. The molecule has 0 aromatic heterocycles. The zero-order valence-electron chi connectivity index (χ0n) is 13.1. The first-order valence-electron chi connectivity index (χ1n) is 8.27. The van der Waals surface area contributed by atoms with E-state index in [2.05, 4.69) is 46.0 Å². The lowest BCUT2D eigenvalue weighted by Gasteiger charge is -2.32. The highest BCUT2D eigenvalue weighted by Crippen LogP contribution is 2.42. The summed E-state index contributed by atoms with van der Waals surface area (Å²) in [5.41, 5.74) is 6.71. The van der Waals surface area contributed by atoms with Crippen LogP contribution in [0.4, 0.5) is 0 Å². The molecule has 4 rings (SSSR count). The van der Waals surface area contributed by atoms with Gasteiger partial charge in [0.15, 0.2) is 0 Å². The van der Waals surface area contributed by atoms with Gasteiger partial charge in [0.25, 0.3) is 0 Å². The SMILES string of the molecule is N=CC/C=C1\CC2=C(C=C1N1CCCC1)c1ccccc1SN2. The summed E-state index contributed by atoms with van der Waals surface area (Å²) in [6.45, 7) is 2.31. The van der Waals surface area contributed by atoms with Gasteiger partial charge in [0.05, 0.1) is 0 Å². The molecule has 0 unspecified atom stereocenters. The normalized spacial score (nSPS) is 21.7. The number of nitrogens with zero attached hydrogens (tertiary/aromatic N) is 1. The number of fused-ring (bicyclic) bond motifs is 2. The van der Waals surface area contributed by atoms with Crippen LogP contribution in [0.2, 0.25) is 0 Å². The highest BCUT2D eigenvalue weighted by Gasteiger charge is 2.27. The maximum Gasteiger partial charge on any atom is 0.0406 e. The Balaban J connectivity index is 1.78. The topological polar surface area (TPSA) is 39.1 Å². The average molecular weight is 323 g/mol. The van der Waals surface area contributed by atoms with E-state index in [0.717, 1.165) is 19.5 Å². The van der Waals surface area contributed by atoms with Crippen LogP contribution in [0.1, 0.15) is 31.2 Å². The molecular formula is C19H21N3S. The van der Waals surface area contributed by atoms with E-state index in [0.29, 0.717) is 6.42 Å². The predicted molar refractivity (Wildman–Crippen MR) is 97.3 cm³/mol. The zero-order chi connectivity index (χ0) is 15.6. The molecule has 0 amide bonds. The van der Waals surface area contributed by atoms with Crippen molar-refractivity contribution in [3.05, 3.63) is 58.9 Å². The predicted octanol–water partition coefficient (Wildman–Crippen LogP) is 4.36. The second-order valence-electron chi connectivity index (χ2n) is 6.16. The van der Waals surface area contributed by atoms with Crippen molar-refractivity contribution >= 4 is 23.7 Å². The Bertz CT molecular complexity index is 724. The lowest BCUT2D eigenvalue weighted by atomic mass is 9.90. The molecule has 3 nitrogen and oxygen atoms in total. The van der Waals surface area contributed by atoms with Gasteiger partial charge in [-0.05, 0) is 54.3 Å². The van der Waals surface area contributed by atoms with Crippen LogP contribution in [0.25, 0.3) is 5.57 Å². The van der Waals surface area contributed by atoms with Gasteiger partial charge in [-0.15, -0.1) is 0 Å². The fraction of sp³-hybridized carbons (Fsp3) is 0.316. The maximum atomic E-state index is 7.34. The van der Waals surface area contributed by atoms with Crippen molar-refractivity contribution in [1.29, 1.82) is 5.41 Å². The minimum absolute atomic E-state index is 0.715. The molecule has 1 aromatic rings. The molecule has 1 saturated heterocycles. The van der Waals surface area contributed by atoms with Gasteiger partial charge in [0.1, 0.15) is 0 Å². The summed E-state index contributed by atoms with van der Waals surface area (Å²) in [6, 6.07) is 8.63. The van der Waals surface area contributed by atoms with Crippen molar-refractivity contribution in [2.75, 3.05) is 13.1 Å². The Morgan fingerprint density at radius 2 is 2.04 bits per heavy atom. The summed E-state index contributed by atoms with van der Waals surface area (Å²) >= 11 is 1.71. The first-order chi connectivity index (χ1) is 11.4. The van der Waals surface area contributed by atoms with E-state index in [1.165, 1.54) is 52.1 Å². The van der Waals surface area contributed by atoms with E-state index in [4.69, 9.17) is 5.41 Å². The average Bonchev–Trinajstić information content (AvgIpc) is 3.13. The van der Waals surface area contributed by atoms with Crippen molar-refractivity contribution in [3.63, 3.8) is 0 Å². The molecule has 1 aromatic carbocycles. The summed E-state index contributed by atoms with van der Waals surface area (Å²) in [4.78, 5) is 3.82. The monoisotopic (exact) mass is 323 g/mol. The van der Waals surface area contributed by atoms with Crippen LogP contribution >= 0.6 is 11.9 Å². The van der Waals surface area contributed by atoms with Crippen LogP contribution in [0, 0.1) is 5.41 Å². The Kier molecular flexibility index (Phi) is 4.00. The van der Waals surface area contributed by atoms with Gasteiger partial charge in [-0.1, -0.05) is 24.3 Å². The second-order valence-corrected chi connectivity index (χ2v) is 7.01. The van der Waals surface area contributed by atoms with Gasteiger partial charge >= 0.3 is 0 Å². The van der Waals surface area contributed by atoms with Crippen LogP contribution in [0.5, 0.6) is 0 Å². The molecule has 23 heavy (non-hydrogen) atoms. The molecule has 3 aliphatic rings. The van der Waals surface area contributed by atoms with E-state index >= 15 is 0 Å². The van der Waals surface area contributed by atoms with Gasteiger partial charge in [-0.2, -0.15) is 0 Å².